The lowest BCUT2D eigenvalue weighted by atomic mass is 9.87. The topological polar surface area (TPSA) is 52.1 Å². The van der Waals surface area contributed by atoms with Crippen molar-refractivity contribution in [3.05, 3.63) is 22.5 Å². The van der Waals surface area contributed by atoms with Gasteiger partial charge in [-0.05, 0) is 31.7 Å². The van der Waals surface area contributed by atoms with E-state index in [-0.39, 0.29) is 11.9 Å². The van der Waals surface area contributed by atoms with Crippen LogP contribution in [0.4, 0.5) is 0 Å². The van der Waals surface area contributed by atoms with Crippen LogP contribution in [-0.4, -0.2) is 23.0 Å². The zero-order chi connectivity index (χ0) is 12.7. The van der Waals surface area contributed by atoms with E-state index in [2.05, 4.69) is 9.97 Å². The van der Waals surface area contributed by atoms with Crippen molar-refractivity contribution in [2.75, 3.05) is 7.11 Å². The summed E-state index contributed by atoms with van der Waals surface area (Å²) in [5.74, 6) is -0.0928. The number of fused-ring (bicyclic) bond motifs is 3. The Morgan fingerprint density at radius 2 is 2.33 bits per heavy atom. The predicted molar refractivity (Wildman–Crippen MR) is 69.7 cm³/mol. The Bertz CT molecular complexity index is 621. The summed E-state index contributed by atoms with van der Waals surface area (Å²) in [5, 5.41) is 1.20. The number of methoxy groups -OCH3 is 1. The molecule has 0 spiro atoms. The second-order valence-corrected chi connectivity index (χ2v) is 5.69. The highest BCUT2D eigenvalue weighted by Gasteiger charge is 2.28. The van der Waals surface area contributed by atoms with E-state index in [0.29, 0.717) is 0 Å². The van der Waals surface area contributed by atoms with E-state index in [1.807, 2.05) is 6.92 Å². The molecule has 0 fully saturated rings. The van der Waals surface area contributed by atoms with Crippen LogP contribution in [0.15, 0.2) is 6.33 Å². The Labute approximate surface area is 109 Å². The number of thiophene rings is 1. The number of nitrogens with zero attached hydrogens (tertiary/aromatic N) is 2. The van der Waals surface area contributed by atoms with E-state index in [0.717, 1.165) is 29.8 Å². The van der Waals surface area contributed by atoms with Crippen LogP contribution in [0.1, 0.15) is 22.6 Å². The van der Waals surface area contributed by atoms with Crippen LogP contribution >= 0.6 is 11.3 Å². The third-order valence-electron chi connectivity index (χ3n) is 3.57. The number of hydrogen-bond acceptors (Lipinski definition) is 5. The Kier molecular flexibility index (Phi) is 2.78. The highest BCUT2D eigenvalue weighted by molar-refractivity contribution is 7.18. The van der Waals surface area contributed by atoms with E-state index < -0.39 is 0 Å². The van der Waals surface area contributed by atoms with Crippen molar-refractivity contribution >= 4 is 27.5 Å². The maximum absolute atomic E-state index is 11.6. The van der Waals surface area contributed by atoms with Gasteiger partial charge in [-0.1, -0.05) is 0 Å². The van der Waals surface area contributed by atoms with Crippen LogP contribution in [0, 0.1) is 12.8 Å². The highest BCUT2D eigenvalue weighted by Crippen LogP contribution is 2.38. The van der Waals surface area contributed by atoms with E-state index in [4.69, 9.17) is 4.74 Å². The average molecular weight is 262 g/mol. The van der Waals surface area contributed by atoms with Crippen molar-refractivity contribution in [3.8, 4) is 0 Å². The molecule has 2 aromatic heterocycles. The summed E-state index contributed by atoms with van der Waals surface area (Å²) in [5.41, 5.74) is 2.38. The molecule has 0 aliphatic heterocycles. The second kappa shape index (κ2) is 4.31. The van der Waals surface area contributed by atoms with Gasteiger partial charge in [0, 0.05) is 16.0 Å². The molecule has 1 aliphatic carbocycles. The summed E-state index contributed by atoms with van der Waals surface area (Å²) < 4.78 is 4.84. The molecule has 3 rings (SSSR count). The monoisotopic (exact) mass is 262 g/mol. The Balaban J connectivity index is 2.05. The summed E-state index contributed by atoms with van der Waals surface area (Å²) in [4.78, 5) is 22.5. The molecule has 2 heterocycles. The molecule has 1 aliphatic rings. The first-order valence-corrected chi connectivity index (χ1v) is 6.82. The lowest BCUT2D eigenvalue weighted by Gasteiger charge is -2.19. The number of hydrogen-bond donors (Lipinski definition) is 0. The van der Waals surface area contributed by atoms with Gasteiger partial charge in [0.15, 0.2) is 0 Å². The number of aryl methyl sites for hydroxylation is 2. The molecule has 5 heteroatoms. The molecule has 2 aromatic rings. The molecule has 0 bridgehead atoms. The summed E-state index contributed by atoms with van der Waals surface area (Å²) in [6.45, 7) is 2.02. The van der Waals surface area contributed by atoms with E-state index in [1.54, 1.807) is 17.7 Å². The van der Waals surface area contributed by atoms with Gasteiger partial charge in [0.1, 0.15) is 11.2 Å². The molecule has 94 valence electrons. The number of aromatic nitrogens is 2. The third-order valence-corrected chi connectivity index (χ3v) is 4.73. The minimum atomic E-state index is -0.0964. The van der Waals surface area contributed by atoms with Crippen LogP contribution < -0.4 is 0 Å². The normalized spacial score (nSPS) is 18.7. The van der Waals surface area contributed by atoms with Gasteiger partial charge in [-0.3, -0.25) is 4.79 Å². The third kappa shape index (κ3) is 1.70. The fourth-order valence-corrected chi connectivity index (χ4v) is 3.95. The molecule has 0 N–H and O–H groups in total. The standard InChI is InChI=1S/C13H14N2O2S/c1-7-11-9-4-3-8(13(16)17-2)5-10(9)18-12(11)15-6-14-7/h6,8H,3-5H2,1-2H3/t8-/m0/s1. The second-order valence-electron chi connectivity index (χ2n) is 4.61. The summed E-state index contributed by atoms with van der Waals surface area (Å²) in [7, 11) is 1.46. The van der Waals surface area contributed by atoms with Gasteiger partial charge < -0.3 is 4.74 Å². The fourth-order valence-electron chi connectivity index (χ4n) is 2.64. The lowest BCUT2D eigenvalue weighted by molar-refractivity contribution is -0.145. The fraction of sp³-hybridized carbons (Fsp3) is 0.462. The largest absolute Gasteiger partial charge is 0.469 e. The molecule has 0 saturated heterocycles. The minimum absolute atomic E-state index is 0.00354. The maximum Gasteiger partial charge on any atom is 0.309 e. The first-order valence-electron chi connectivity index (χ1n) is 6.00. The van der Waals surface area contributed by atoms with Crippen LogP contribution in [0.2, 0.25) is 0 Å². The molecular weight excluding hydrogens is 248 g/mol. The quantitative estimate of drug-likeness (QED) is 0.740. The van der Waals surface area contributed by atoms with Gasteiger partial charge >= 0.3 is 5.97 Å². The first-order chi connectivity index (χ1) is 8.70. The van der Waals surface area contributed by atoms with Gasteiger partial charge in [0.05, 0.1) is 13.0 Å². The zero-order valence-electron chi connectivity index (χ0n) is 10.4. The van der Waals surface area contributed by atoms with Crippen LogP contribution in [0.25, 0.3) is 10.2 Å². The van der Waals surface area contributed by atoms with E-state index in [9.17, 15) is 4.79 Å². The molecule has 0 radical (unpaired) electrons. The van der Waals surface area contributed by atoms with Crippen molar-refractivity contribution in [3.63, 3.8) is 0 Å². The van der Waals surface area contributed by atoms with Crippen molar-refractivity contribution < 1.29 is 9.53 Å². The molecule has 0 saturated carbocycles. The zero-order valence-corrected chi connectivity index (χ0v) is 11.2. The van der Waals surface area contributed by atoms with Gasteiger partial charge in [-0.15, -0.1) is 11.3 Å². The van der Waals surface area contributed by atoms with Gasteiger partial charge in [0.2, 0.25) is 0 Å². The average Bonchev–Trinajstić information content (AvgIpc) is 2.76. The van der Waals surface area contributed by atoms with Crippen molar-refractivity contribution in [2.24, 2.45) is 5.92 Å². The van der Waals surface area contributed by atoms with Gasteiger partial charge in [-0.2, -0.15) is 0 Å². The number of carbonyl (C=O) groups excluding carboxylic acids is 1. The van der Waals surface area contributed by atoms with Gasteiger partial charge in [-0.25, -0.2) is 9.97 Å². The maximum atomic E-state index is 11.6. The van der Waals surface area contributed by atoms with E-state index >= 15 is 0 Å². The van der Waals surface area contributed by atoms with Crippen LogP contribution in [0.5, 0.6) is 0 Å². The molecule has 18 heavy (non-hydrogen) atoms. The molecular formula is C13H14N2O2S. The lowest BCUT2D eigenvalue weighted by Crippen LogP contribution is -2.22. The molecule has 0 amide bonds. The van der Waals surface area contributed by atoms with Crippen molar-refractivity contribution in [2.45, 2.75) is 26.2 Å². The van der Waals surface area contributed by atoms with E-state index in [1.165, 1.54) is 22.9 Å². The first kappa shape index (κ1) is 11.6. The number of rotatable bonds is 1. The highest BCUT2D eigenvalue weighted by atomic mass is 32.1. The molecule has 1 atom stereocenters. The van der Waals surface area contributed by atoms with Crippen molar-refractivity contribution in [1.29, 1.82) is 0 Å². The van der Waals surface area contributed by atoms with Crippen LogP contribution in [0.3, 0.4) is 0 Å². The van der Waals surface area contributed by atoms with Crippen molar-refractivity contribution in [1.82, 2.24) is 9.97 Å². The molecule has 0 aromatic carbocycles. The predicted octanol–water partition coefficient (Wildman–Crippen LogP) is 2.28. The van der Waals surface area contributed by atoms with Crippen LogP contribution in [-0.2, 0) is 22.4 Å². The Morgan fingerprint density at radius 3 is 3.11 bits per heavy atom. The summed E-state index contributed by atoms with van der Waals surface area (Å²) in [6, 6.07) is 0. The smallest absolute Gasteiger partial charge is 0.309 e. The Hall–Kier alpha value is -1.49. The molecule has 0 unspecified atom stereocenters. The number of esters is 1. The number of carbonyl (C=O) groups is 1. The Morgan fingerprint density at radius 1 is 1.50 bits per heavy atom. The number of ether oxygens (including phenoxy) is 1. The van der Waals surface area contributed by atoms with Gasteiger partial charge in [0.25, 0.3) is 0 Å². The minimum Gasteiger partial charge on any atom is -0.469 e. The molecule has 4 nitrogen and oxygen atoms in total. The summed E-state index contributed by atoms with van der Waals surface area (Å²) >= 11 is 1.69. The summed E-state index contributed by atoms with van der Waals surface area (Å²) in [6.07, 6.45) is 4.17. The SMILES string of the molecule is COC(=O)[C@H]1CCc2c(sc3ncnc(C)c23)C1.